The number of urea groups is 1. The van der Waals surface area contributed by atoms with Gasteiger partial charge in [-0.25, -0.2) is 9.78 Å². The molecule has 2 N–H and O–H groups in total. The van der Waals surface area contributed by atoms with Gasteiger partial charge in [-0.1, -0.05) is 37.7 Å². The molecule has 0 spiro atoms. The summed E-state index contributed by atoms with van der Waals surface area (Å²) in [6.45, 7) is 6.83. The van der Waals surface area contributed by atoms with E-state index in [1.54, 1.807) is 48.5 Å². The van der Waals surface area contributed by atoms with Crippen LogP contribution >= 0.6 is 11.8 Å². The Kier molecular flexibility index (Phi) is 7.88. The van der Waals surface area contributed by atoms with Gasteiger partial charge in [0.05, 0.1) is 29.0 Å². The number of fused-ring (bicyclic) bond motifs is 1. The number of hydrogen-bond acceptors (Lipinski definition) is 6. The minimum Gasteiger partial charge on any atom is -0.494 e. The van der Waals surface area contributed by atoms with Gasteiger partial charge < -0.3 is 10.1 Å². The molecular weight excluding hydrogens is 428 g/mol. The van der Waals surface area contributed by atoms with E-state index in [0.29, 0.717) is 40.6 Å². The van der Waals surface area contributed by atoms with Crippen molar-refractivity contribution in [1.29, 1.82) is 0 Å². The number of aromatic nitrogens is 2. The van der Waals surface area contributed by atoms with Crippen LogP contribution in [-0.2, 0) is 4.79 Å². The molecule has 0 fully saturated rings. The normalized spacial score (nSPS) is 10.9. The molecular formula is C23H26N4O4S. The second kappa shape index (κ2) is 10.8. The fourth-order valence-electron chi connectivity index (χ4n) is 2.93. The van der Waals surface area contributed by atoms with Crippen LogP contribution in [0.4, 0.5) is 4.79 Å². The Morgan fingerprint density at radius 1 is 1.12 bits per heavy atom. The summed E-state index contributed by atoms with van der Waals surface area (Å²) < 4.78 is 6.95. The molecule has 32 heavy (non-hydrogen) atoms. The topological polar surface area (TPSA) is 102 Å². The van der Waals surface area contributed by atoms with Gasteiger partial charge in [-0.3, -0.25) is 19.5 Å². The van der Waals surface area contributed by atoms with Crippen molar-refractivity contribution in [1.82, 2.24) is 20.2 Å². The number of ether oxygens (including phenoxy) is 1. The average Bonchev–Trinajstić information content (AvgIpc) is 2.77. The number of amides is 3. The Morgan fingerprint density at radius 3 is 2.53 bits per heavy atom. The van der Waals surface area contributed by atoms with Gasteiger partial charge in [0.25, 0.3) is 5.56 Å². The van der Waals surface area contributed by atoms with Gasteiger partial charge in [0, 0.05) is 6.54 Å². The number of imide groups is 1. The lowest BCUT2D eigenvalue weighted by atomic mass is 10.2. The highest BCUT2D eigenvalue weighted by Gasteiger charge is 2.16. The number of thioether (sulfide) groups is 1. The maximum absolute atomic E-state index is 13.2. The lowest BCUT2D eigenvalue weighted by Gasteiger charge is -2.14. The molecule has 0 saturated heterocycles. The third-order valence-electron chi connectivity index (χ3n) is 4.41. The Labute approximate surface area is 190 Å². The zero-order valence-electron chi connectivity index (χ0n) is 18.3. The van der Waals surface area contributed by atoms with Crippen molar-refractivity contribution in [3.05, 3.63) is 58.9 Å². The molecule has 0 unspecified atom stereocenters. The fourth-order valence-corrected chi connectivity index (χ4v) is 3.74. The van der Waals surface area contributed by atoms with E-state index in [-0.39, 0.29) is 17.2 Å². The van der Waals surface area contributed by atoms with Crippen molar-refractivity contribution in [2.24, 2.45) is 5.92 Å². The van der Waals surface area contributed by atoms with E-state index in [1.807, 2.05) is 20.8 Å². The molecule has 0 aliphatic rings. The smallest absolute Gasteiger partial charge is 0.321 e. The molecule has 0 bridgehead atoms. The molecule has 0 aliphatic heterocycles. The number of carbonyl (C=O) groups is 2. The summed E-state index contributed by atoms with van der Waals surface area (Å²) in [4.78, 5) is 41.9. The fraction of sp³-hybridized carbons (Fsp3) is 0.304. The van der Waals surface area contributed by atoms with Crippen LogP contribution in [0, 0.1) is 5.92 Å². The SMILES string of the molecule is CCOc1ccc(-n2c(SCC(=O)NC(=O)NCC(C)C)nc3ccccc3c2=O)cc1. The molecule has 8 nitrogen and oxygen atoms in total. The van der Waals surface area contributed by atoms with Crippen LogP contribution in [0.1, 0.15) is 20.8 Å². The van der Waals surface area contributed by atoms with Gasteiger partial charge in [0.2, 0.25) is 5.91 Å². The lowest BCUT2D eigenvalue weighted by Crippen LogP contribution is -2.41. The Hall–Kier alpha value is -3.33. The molecule has 2 aromatic carbocycles. The standard InChI is InChI=1S/C23H26N4O4S/c1-4-31-17-11-9-16(10-12-17)27-21(29)18-7-5-6-8-19(18)25-23(27)32-14-20(28)26-22(30)24-13-15(2)3/h5-12,15H,4,13-14H2,1-3H3,(H2,24,26,28,30). The van der Waals surface area contributed by atoms with Crippen molar-refractivity contribution in [3.63, 3.8) is 0 Å². The summed E-state index contributed by atoms with van der Waals surface area (Å²) in [5.74, 6) is 0.420. The largest absolute Gasteiger partial charge is 0.494 e. The lowest BCUT2D eigenvalue weighted by molar-refractivity contribution is -0.117. The molecule has 0 radical (unpaired) electrons. The molecule has 9 heteroatoms. The van der Waals surface area contributed by atoms with E-state index < -0.39 is 11.9 Å². The summed E-state index contributed by atoms with van der Waals surface area (Å²) in [5.41, 5.74) is 0.906. The van der Waals surface area contributed by atoms with Crippen molar-refractivity contribution >= 4 is 34.6 Å². The van der Waals surface area contributed by atoms with Gasteiger partial charge in [-0.15, -0.1) is 0 Å². The number of rotatable bonds is 8. The van der Waals surface area contributed by atoms with Crippen molar-refractivity contribution < 1.29 is 14.3 Å². The third-order valence-corrected chi connectivity index (χ3v) is 5.35. The first-order valence-electron chi connectivity index (χ1n) is 10.3. The molecule has 0 saturated carbocycles. The number of nitrogens with one attached hydrogen (secondary N) is 2. The molecule has 1 heterocycles. The zero-order chi connectivity index (χ0) is 23.1. The molecule has 3 rings (SSSR count). The van der Waals surface area contributed by atoms with Gasteiger partial charge in [0.15, 0.2) is 5.16 Å². The number of para-hydroxylation sites is 1. The van der Waals surface area contributed by atoms with E-state index >= 15 is 0 Å². The number of hydrogen-bond donors (Lipinski definition) is 2. The summed E-state index contributed by atoms with van der Waals surface area (Å²) in [6.07, 6.45) is 0. The summed E-state index contributed by atoms with van der Waals surface area (Å²) >= 11 is 1.09. The maximum Gasteiger partial charge on any atom is 0.321 e. The van der Waals surface area contributed by atoms with Crippen LogP contribution in [0.15, 0.2) is 58.5 Å². The molecule has 3 amide bonds. The zero-order valence-corrected chi connectivity index (χ0v) is 19.1. The van der Waals surface area contributed by atoms with Crippen molar-refractivity contribution in [2.45, 2.75) is 25.9 Å². The molecule has 168 valence electrons. The van der Waals surface area contributed by atoms with Crippen LogP contribution in [0.2, 0.25) is 0 Å². The minimum absolute atomic E-state index is 0.0725. The first kappa shape index (κ1) is 23.3. The van der Waals surface area contributed by atoms with E-state index in [4.69, 9.17) is 4.74 Å². The van der Waals surface area contributed by atoms with Gasteiger partial charge >= 0.3 is 6.03 Å². The molecule has 3 aromatic rings. The monoisotopic (exact) mass is 454 g/mol. The predicted octanol–water partition coefficient (Wildman–Crippen LogP) is 3.36. The first-order valence-corrected chi connectivity index (χ1v) is 11.3. The van der Waals surface area contributed by atoms with Gasteiger partial charge in [-0.05, 0) is 49.2 Å². The first-order chi connectivity index (χ1) is 15.4. The highest BCUT2D eigenvalue weighted by Crippen LogP contribution is 2.22. The van der Waals surface area contributed by atoms with Gasteiger partial charge in [0.1, 0.15) is 5.75 Å². The summed E-state index contributed by atoms with van der Waals surface area (Å²) in [7, 11) is 0. The highest BCUT2D eigenvalue weighted by atomic mass is 32.2. The van der Waals surface area contributed by atoms with Crippen LogP contribution < -0.4 is 20.9 Å². The minimum atomic E-state index is -0.542. The Morgan fingerprint density at radius 2 is 1.84 bits per heavy atom. The molecule has 0 atom stereocenters. The van der Waals surface area contributed by atoms with Crippen LogP contribution in [0.3, 0.4) is 0 Å². The van der Waals surface area contributed by atoms with Crippen molar-refractivity contribution in [3.8, 4) is 11.4 Å². The number of nitrogens with zero attached hydrogens (tertiary/aromatic N) is 2. The van der Waals surface area contributed by atoms with E-state index in [0.717, 1.165) is 11.8 Å². The molecule has 1 aromatic heterocycles. The van der Waals surface area contributed by atoms with Crippen LogP contribution in [-0.4, -0.2) is 40.4 Å². The quantitative estimate of drug-likeness (QED) is 0.400. The highest BCUT2D eigenvalue weighted by molar-refractivity contribution is 7.99. The average molecular weight is 455 g/mol. The maximum atomic E-state index is 13.2. The third kappa shape index (κ3) is 5.88. The second-order valence-corrected chi connectivity index (χ2v) is 8.36. The second-order valence-electron chi connectivity index (χ2n) is 7.42. The Bertz CT molecular complexity index is 1160. The predicted molar refractivity (Wildman–Crippen MR) is 126 cm³/mol. The Balaban J connectivity index is 1.87. The van der Waals surface area contributed by atoms with Crippen LogP contribution in [0.25, 0.3) is 16.6 Å². The van der Waals surface area contributed by atoms with E-state index in [9.17, 15) is 14.4 Å². The summed E-state index contributed by atoms with van der Waals surface area (Å²) in [5, 5.41) is 5.76. The van der Waals surface area contributed by atoms with Crippen molar-refractivity contribution in [2.75, 3.05) is 18.9 Å². The number of benzene rings is 2. The van der Waals surface area contributed by atoms with Gasteiger partial charge in [-0.2, -0.15) is 0 Å². The van der Waals surface area contributed by atoms with Crippen LogP contribution in [0.5, 0.6) is 5.75 Å². The molecule has 0 aliphatic carbocycles. The van der Waals surface area contributed by atoms with E-state index in [2.05, 4.69) is 15.6 Å². The summed E-state index contributed by atoms with van der Waals surface area (Å²) in [6, 6.07) is 13.6. The van der Waals surface area contributed by atoms with E-state index in [1.165, 1.54) is 4.57 Å². The number of carbonyl (C=O) groups excluding carboxylic acids is 2.